The molecule has 6 heteroatoms. The molecule has 0 aliphatic heterocycles. The molecule has 5 rings (SSSR count). The Balaban J connectivity index is 1.51. The van der Waals surface area contributed by atoms with Gasteiger partial charge in [0, 0.05) is 10.8 Å². The molecule has 5 aromatic rings. The van der Waals surface area contributed by atoms with Crippen LogP contribution in [0.4, 0.5) is 0 Å². The van der Waals surface area contributed by atoms with Gasteiger partial charge in [0.1, 0.15) is 11.5 Å². The summed E-state index contributed by atoms with van der Waals surface area (Å²) in [6.07, 6.45) is 0. The number of aromatic nitrogens is 2. The number of hydrogen-bond donors (Lipinski definition) is 0. The second kappa shape index (κ2) is 9.53. The topological polar surface area (TPSA) is 44.1 Å². The predicted molar refractivity (Wildman–Crippen MR) is 135 cm³/mol. The number of para-hydroxylation sites is 2. The molecule has 0 saturated heterocycles. The molecule has 0 aliphatic carbocycles. The van der Waals surface area contributed by atoms with Crippen LogP contribution in [0.3, 0.4) is 0 Å². The normalized spacial score (nSPS) is 10.9. The van der Waals surface area contributed by atoms with E-state index in [1.807, 2.05) is 103 Å². The fourth-order valence-electron chi connectivity index (χ4n) is 3.45. The van der Waals surface area contributed by atoms with E-state index in [4.69, 9.17) is 21.3 Å². The molecule has 0 saturated carbocycles. The Morgan fingerprint density at radius 1 is 0.788 bits per heavy atom. The molecule has 0 atom stereocenters. The highest BCUT2D eigenvalue weighted by molar-refractivity contribution is 7.98. The lowest BCUT2D eigenvalue weighted by molar-refractivity contribution is 0.482. The minimum atomic E-state index is -0.101. The van der Waals surface area contributed by atoms with Gasteiger partial charge in [-0.3, -0.25) is 9.36 Å². The number of benzene rings is 4. The second-order valence-corrected chi connectivity index (χ2v) is 8.76. The van der Waals surface area contributed by atoms with Gasteiger partial charge >= 0.3 is 0 Å². The van der Waals surface area contributed by atoms with Crippen molar-refractivity contribution in [1.82, 2.24) is 9.55 Å². The predicted octanol–water partition coefficient (Wildman–Crippen LogP) is 7.12. The van der Waals surface area contributed by atoms with Crippen LogP contribution in [0.15, 0.2) is 113 Å². The molecule has 0 spiro atoms. The largest absolute Gasteiger partial charge is 0.457 e. The molecule has 0 N–H and O–H groups in total. The Morgan fingerprint density at radius 3 is 2.21 bits per heavy atom. The number of ether oxygens (including phenoxy) is 1. The summed E-state index contributed by atoms with van der Waals surface area (Å²) in [6.45, 7) is 0. The number of rotatable bonds is 6. The molecule has 0 radical (unpaired) electrons. The van der Waals surface area contributed by atoms with E-state index in [0.29, 0.717) is 32.6 Å². The minimum absolute atomic E-state index is 0.101. The molecular weight excluding hydrogens is 452 g/mol. The summed E-state index contributed by atoms with van der Waals surface area (Å²) in [6, 6.07) is 32.2. The quantitative estimate of drug-likeness (QED) is 0.196. The average Bonchev–Trinajstić information content (AvgIpc) is 2.85. The van der Waals surface area contributed by atoms with Gasteiger partial charge in [-0.15, -0.1) is 0 Å². The van der Waals surface area contributed by atoms with E-state index < -0.39 is 0 Å². The van der Waals surface area contributed by atoms with E-state index in [-0.39, 0.29) is 5.56 Å². The van der Waals surface area contributed by atoms with Gasteiger partial charge in [0.2, 0.25) is 0 Å². The molecule has 162 valence electrons. The molecule has 4 aromatic carbocycles. The summed E-state index contributed by atoms with van der Waals surface area (Å²) < 4.78 is 7.56. The summed E-state index contributed by atoms with van der Waals surface area (Å²) in [7, 11) is 0. The van der Waals surface area contributed by atoms with Crippen molar-refractivity contribution in [1.29, 1.82) is 0 Å². The molecule has 0 unspecified atom stereocenters. The van der Waals surface area contributed by atoms with E-state index in [9.17, 15) is 4.79 Å². The van der Waals surface area contributed by atoms with E-state index in [1.165, 1.54) is 11.8 Å². The van der Waals surface area contributed by atoms with Crippen molar-refractivity contribution in [2.75, 3.05) is 0 Å². The number of hydrogen-bond acceptors (Lipinski definition) is 4. The Kier molecular flexibility index (Phi) is 6.15. The summed E-state index contributed by atoms with van der Waals surface area (Å²) in [5, 5.41) is 1.91. The number of thioether (sulfide) groups is 1. The Hall–Kier alpha value is -3.54. The molecule has 0 bridgehead atoms. The van der Waals surface area contributed by atoms with Gasteiger partial charge in [-0.2, -0.15) is 0 Å². The Morgan fingerprint density at radius 2 is 1.45 bits per heavy atom. The van der Waals surface area contributed by atoms with Gasteiger partial charge in [-0.1, -0.05) is 65.8 Å². The molecule has 0 amide bonds. The van der Waals surface area contributed by atoms with Gasteiger partial charge in [0.25, 0.3) is 5.56 Å². The molecule has 0 aliphatic rings. The standard InChI is InChI=1S/C27H19ClN2O2S/c28-20-12-10-19(11-13-20)18-33-27-29-25-9-5-4-8-24(25)26(31)30(27)21-14-16-23(17-15-21)32-22-6-2-1-3-7-22/h1-17H,18H2. The zero-order valence-electron chi connectivity index (χ0n) is 17.5. The maximum absolute atomic E-state index is 13.4. The second-order valence-electron chi connectivity index (χ2n) is 7.38. The van der Waals surface area contributed by atoms with Gasteiger partial charge in [0.15, 0.2) is 5.16 Å². The first-order valence-electron chi connectivity index (χ1n) is 10.4. The molecule has 33 heavy (non-hydrogen) atoms. The summed E-state index contributed by atoms with van der Waals surface area (Å²) in [4.78, 5) is 18.2. The zero-order chi connectivity index (χ0) is 22.6. The highest BCUT2D eigenvalue weighted by Crippen LogP contribution is 2.27. The van der Waals surface area contributed by atoms with Crippen molar-refractivity contribution in [2.24, 2.45) is 0 Å². The van der Waals surface area contributed by atoms with Crippen molar-refractivity contribution in [2.45, 2.75) is 10.9 Å². The minimum Gasteiger partial charge on any atom is -0.457 e. The smallest absolute Gasteiger partial charge is 0.266 e. The Bertz CT molecular complexity index is 1450. The fourth-order valence-corrected chi connectivity index (χ4v) is 4.55. The summed E-state index contributed by atoms with van der Waals surface area (Å²) >= 11 is 7.52. The fraction of sp³-hybridized carbons (Fsp3) is 0.0370. The summed E-state index contributed by atoms with van der Waals surface area (Å²) in [5.74, 6) is 2.12. The van der Waals surface area contributed by atoms with Crippen molar-refractivity contribution < 1.29 is 4.74 Å². The molecule has 4 nitrogen and oxygen atoms in total. The van der Waals surface area contributed by atoms with Crippen LogP contribution >= 0.6 is 23.4 Å². The van der Waals surface area contributed by atoms with Crippen molar-refractivity contribution in [3.63, 3.8) is 0 Å². The maximum Gasteiger partial charge on any atom is 0.266 e. The lowest BCUT2D eigenvalue weighted by Gasteiger charge is -2.14. The Labute approximate surface area is 200 Å². The van der Waals surface area contributed by atoms with E-state index in [0.717, 1.165) is 17.0 Å². The van der Waals surface area contributed by atoms with Crippen LogP contribution in [0.5, 0.6) is 11.5 Å². The molecule has 1 heterocycles. The van der Waals surface area contributed by atoms with E-state index in [1.54, 1.807) is 4.57 Å². The highest BCUT2D eigenvalue weighted by Gasteiger charge is 2.14. The highest BCUT2D eigenvalue weighted by atomic mass is 35.5. The summed E-state index contributed by atoms with van der Waals surface area (Å²) in [5.41, 5.74) is 2.42. The van der Waals surface area contributed by atoms with Crippen LogP contribution in [0, 0.1) is 0 Å². The third kappa shape index (κ3) is 4.80. The first kappa shape index (κ1) is 21.3. The van der Waals surface area contributed by atoms with Crippen molar-refractivity contribution in [3.05, 3.63) is 124 Å². The average molecular weight is 471 g/mol. The van der Waals surface area contributed by atoms with Gasteiger partial charge in [-0.25, -0.2) is 4.98 Å². The monoisotopic (exact) mass is 470 g/mol. The first-order valence-corrected chi connectivity index (χ1v) is 11.8. The first-order chi connectivity index (χ1) is 16.2. The van der Waals surface area contributed by atoms with Crippen LogP contribution in [-0.4, -0.2) is 9.55 Å². The van der Waals surface area contributed by atoms with Crippen molar-refractivity contribution >= 4 is 34.3 Å². The molecular formula is C27H19ClN2O2S. The van der Waals surface area contributed by atoms with E-state index in [2.05, 4.69) is 0 Å². The molecule has 0 fully saturated rings. The van der Waals surface area contributed by atoms with Gasteiger partial charge in [-0.05, 0) is 66.2 Å². The number of halogens is 1. The lowest BCUT2D eigenvalue weighted by atomic mass is 10.2. The number of nitrogens with zero attached hydrogens (tertiary/aromatic N) is 2. The lowest BCUT2D eigenvalue weighted by Crippen LogP contribution is -2.21. The maximum atomic E-state index is 13.4. The van der Waals surface area contributed by atoms with E-state index >= 15 is 0 Å². The van der Waals surface area contributed by atoms with Crippen LogP contribution < -0.4 is 10.3 Å². The van der Waals surface area contributed by atoms with Crippen LogP contribution in [-0.2, 0) is 5.75 Å². The third-order valence-electron chi connectivity index (χ3n) is 5.10. The van der Waals surface area contributed by atoms with Crippen LogP contribution in [0.1, 0.15) is 5.56 Å². The molecule has 1 aromatic heterocycles. The zero-order valence-corrected chi connectivity index (χ0v) is 19.1. The van der Waals surface area contributed by atoms with Gasteiger partial charge in [0.05, 0.1) is 16.6 Å². The van der Waals surface area contributed by atoms with Gasteiger partial charge < -0.3 is 4.74 Å². The van der Waals surface area contributed by atoms with Crippen LogP contribution in [0.2, 0.25) is 5.02 Å². The van der Waals surface area contributed by atoms with Crippen molar-refractivity contribution in [3.8, 4) is 17.2 Å². The SMILES string of the molecule is O=c1c2ccccc2nc(SCc2ccc(Cl)cc2)n1-c1ccc(Oc2ccccc2)cc1. The van der Waals surface area contributed by atoms with Crippen LogP contribution in [0.25, 0.3) is 16.6 Å². The third-order valence-corrected chi connectivity index (χ3v) is 6.36. The number of fused-ring (bicyclic) bond motifs is 1.